The number of nitrogens with zero attached hydrogens (tertiary/aromatic N) is 1. The summed E-state index contributed by atoms with van der Waals surface area (Å²) in [5.41, 5.74) is 13.5. The van der Waals surface area contributed by atoms with Gasteiger partial charge < -0.3 is 18.8 Å². The van der Waals surface area contributed by atoms with Crippen molar-refractivity contribution in [2.45, 2.75) is 26.2 Å². The second kappa shape index (κ2) is 12.8. The van der Waals surface area contributed by atoms with Gasteiger partial charge in [0.25, 0.3) is 6.71 Å². The van der Waals surface area contributed by atoms with E-state index in [1.807, 2.05) is 12.1 Å². The van der Waals surface area contributed by atoms with Crippen molar-refractivity contribution in [1.82, 2.24) is 0 Å². The molecule has 0 fully saturated rings. The molecule has 272 valence electrons. The Balaban J connectivity index is 1.15. The predicted molar refractivity (Wildman–Crippen MR) is 236 cm³/mol. The molecule has 0 spiro atoms. The van der Waals surface area contributed by atoms with Crippen molar-refractivity contribution in [2.75, 3.05) is 4.90 Å². The highest BCUT2D eigenvalue weighted by atomic mass is 16.5. The summed E-state index contributed by atoms with van der Waals surface area (Å²) in [6.07, 6.45) is 0. The van der Waals surface area contributed by atoms with Crippen LogP contribution < -0.4 is 30.8 Å². The summed E-state index contributed by atoms with van der Waals surface area (Å²) < 4.78 is 20.8. The van der Waals surface area contributed by atoms with Crippen LogP contribution in [-0.2, 0) is 5.41 Å². The highest BCUT2D eigenvalue weighted by Gasteiger charge is 2.41. The lowest BCUT2D eigenvalue weighted by molar-refractivity contribution is 0.465. The number of ether oxygens (including phenoxy) is 2. The summed E-state index contributed by atoms with van der Waals surface area (Å²) in [7, 11) is 0. The first-order valence-electron chi connectivity index (χ1n) is 19.6. The average molecular weight is 736 g/mol. The Morgan fingerprint density at radius 2 is 1.04 bits per heavy atom. The van der Waals surface area contributed by atoms with E-state index in [0.717, 1.165) is 101 Å². The first-order chi connectivity index (χ1) is 27.9. The highest BCUT2D eigenvalue weighted by Crippen LogP contribution is 2.47. The van der Waals surface area contributed by atoms with Crippen molar-refractivity contribution < 1.29 is 13.9 Å². The minimum absolute atomic E-state index is 0.0608. The van der Waals surface area contributed by atoms with E-state index in [1.165, 1.54) is 5.56 Å². The van der Waals surface area contributed by atoms with Gasteiger partial charge in [0.05, 0.1) is 11.4 Å². The Morgan fingerprint density at radius 1 is 0.456 bits per heavy atom. The number of rotatable bonds is 5. The van der Waals surface area contributed by atoms with Crippen molar-refractivity contribution in [3.63, 3.8) is 0 Å². The molecule has 0 bridgehead atoms. The van der Waals surface area contributed by atoms with Crippen LogP contribution in [0.5, 0.6) is 23.0 Å². The van der Waals surface area contributed by atoms with E-state index in [0.29, 0.717) is 0 Å². The van der Waals surface area contributed by atoms with E-state index < -0.39 is 0 Å². The van der Waals surface area contributed by atoms with Crippen LogP contribution in [0.4, 0.5) is 17.1 Å². The summed E-state index contributed by atoms with van der Waals surface area (Å²) >= 11 is 0. The van der Waals surface area contributed by atoms with Crippen LogP contribution in [0.1, 0.15) is 26.3 Å². The van der Waals surface area contributed by atoms with Gasteiger partial charge in [-0.25, -0.2) is 0 Å². The summed E-state index contributed by atoms with van der Waals surface area (Å²) in [5, 5.41) is 2.15. The van der Waals surface area contributed by atoms with E-state index in [2.05, 4.69) is 189 Å². The molecule has 0 saturated heterocycles. The van der Waals surface area contributed by atoms with Gasteiger partial charge in [-0.15, -0.1) is 0 Å². The fraction of sp³-hybridized carbons (Fsp3) is 0.0769. The van der Waals surface area contributed by atoms with Crippen LogP contribution in [0.25, 0.3) is 44.2 Å². The standard InChI is InChI=1S/C52H38BNO3/c1-52(2,3)37-18-12-19-38(30-37)54(44-22-13-21-41-40-20-10-11-23-45(40)57-51(41)44)39-31-48-50-49(32-39)56-47-29-36(34-16-8-5-9-17-34)25-27-43(47)53(50)42-26-24-35(28-46(42)55-48)33-14-6-4-7-15-33/h4-32H,1-3H3. The topological polar surface area (TPSA) is 34.8 Å². The third kappa shape index (κ3) is 5.53. The lowest BCUT2D eigenvalue weighted by Crippen LogP contribution is -2.57. The van der Waals surface area contributed by atoms with E-state index in [4.69, 9.17) is 13.9 Å². The molecular formula is C52H38BNO3. The maximum atomic E-state index is 7.04. The molecule has 57 heavy (non-hydrogen) atoms. The van der Waals surface area contributed by atoms with Crippen LogP contribution in [0, 0.1) is 0 Å². The summed E-state index contributed by atoms with van der Waals surface area (Å²) in [5.74, 6) is 3.24. The third-order valence-corrected chi connectivity index (χ3v) is 11.5. The number of hydrogen-bond donors (Lipinski definition) is 0. The maximum Gasteiger partial charge on any atom is 0.260 e. The van der Waals surface area contributed by atoms with Gasteiger partial charge in [-0.2, -0.15) is 0 Å². The van der Waals surface area contributed by atoms with E-state index in [1.54, 1.807) is 0 Å². The van der Waals surface area contributed by atoms with Gasteiger partial charge in [0.2, 0.25) is 0 Å². The predicted octanol–water partition coefficient (Wildman–Crippen LogP) is 12.4. The molecule has 0 unspecified atom stereocenters. The van der Waals surface area contributed by atoms with Gasteiger partial charge in [0.15, 0.2) is 5.58 Å². The molecule has 1 aromatic heterocycles. The number of furan rings is 1. The number of anilines is 3. The largest absolute Gasteiger partial charge is 0.458 e. The molecule has 2 aliphatic rings. The lowest BCUT2D eigenvalue weighted by atomic mass is 9.34. The number of para-hydroxylation sites is 2. The highest BCUT2D eigenvalue weighted by molar-refractivity contribution is 6.98. The summed E-state index contributed by atoms with van der Waals surface area (Å²) in [6, 6.07) is 62.1. The minimum atomic E-state index is -0.0809. The quantitative estimate of drug-likeness (QED) is 0.165. The van der Waals surface area contributed by atoms with Gasteiger partial charge in [0.1, 0.15) is 28.6 Å². The Bertz CT molecular complexity index is 2900. The van der Waals surface area contributed by atoms with Gasteiger partial charge >= 0.3 is 0 Å². The normalized spacial score (nSPS) is 12.7. The molecule has 0 aliphatic carbocycles. The Hall–Kier alpha value is -6.98. The molecule has 0 saturated carbocycles. The second-order valence-corrected chi connectivity index (χ2v) is 16.1. The maximum absolute atomic E-state index is 7.04. The molecule has 4 nitrogen and oxygen atoms in total. The van der Waals surface area contributed by atoms with Crippen molar-refractivity contribution in [3.8, 4) is 45.3 Å². The number of benzene rings is 8. The lowest BCUT2D eigenvalue weighted by Gasteiger charge is -2.35. The Kier molecular flexibility index (Phi) is 7.49. The molecule has 3 heterocycles. The fourth-order valence-electron chi connectivity index (χ4n) is 8.68. The molecule has 0 radical (unpaired) electrons. The van der Waals surface area contributed by atoms with Gasteiger partial charge in [-0.1, -0.05) is 148 Å². The van der Waals surface area contributed by atoms with Crippen LogP contribution in [0.2, 0.25) is 0 Å². The van der Waals surface area contributed by atoms with Crippen LogP contribution >= 0.6 is 0 Å². The summed E-state index contributed by atoms with van der Waals surface area (Å²) in [4.78, 5) is 2.30. The Labute approximate surface area is 332 Å². The van der Waals surface area contributed by atoms with Gasteiger partial charge in [-0.3, -0.25) is 0 Å². The van der Waals surface area contributed by atoms with E-state index >= 15 is 0 Å². The van der Waals surface area contributed by atoms with Crippen LogP contribution in [-0.4, -0.2) is 6.71 Å². The Morgan fingerprint density at radius 3 is 1.67 bits per heavy atom. The zero-order valence-electron chi connectivity index (χ0n) is 32.0. The zero-order valence-corrected chi connectivity index (χ0v) is 32.0. The van der Waals surface area contributed by atoms with Crippen LogP contribution in [0.3, 0.4) is 0 Å². The average Bonchev–Trinajstić information content (AvgIpc) is 3.63. The molecule has 8 aromatic carbocycles. The van der Waals surface area contributed by atoms with Crippen molar-refractivity contribution >= 4 is 62.1 Å². The molecule has 0 amide bonds. The van der Waals surface area contributed by atoms with Crippen LogP contribution in [0.15, 0.2) is 180 Å². The summed E-state index contributed by atoms with van der Waals surface area (Å²) in [6.45, 7) is 6.68. The molecule has 11 rings (SSSR count). The zero-order chi connectivity index (χ0) is 38.3. The first-order valence-corrected chi connectivity index (χ1v) is 19.6. The van der Waals surface area contributed by atoms with Crippen molar-refractivity contribution in [3.05, 3.63) is 181 Å². The second-order valence-electron chi connectivity index (χ2n) is 16.1. The molecule has 9 aromatic rings. The number of hydrogen-bond acceptors (Lipinski definition) is 4. The van der Waals surface area contributed by atoms with Crippen molar-refractivity contribution in [2.24, 2.45) is 0 Å². The molecule has 2 aliphatic heterocycles. The first kappa shape index (κ1) is 33.4. The minimum Gasteiger partial charge on any atom is -0.458 e. The third-order valence-electron chi connectivity index (χ3n) is 11.5. The monoisotopic (exact) mass is 735 g/mol. The van der Waals surface area contributed by atoms with E-state index in [-0.39, 0.29) is 12.1 Å². The van der Waals surface area contributed by atoms with E-state index in [9.17, 15) is 0 Å². The molecule has 5 heteroatoms. The molecule has 0 N–H and O–H groups in total. The van der Waals surface area contributed by atoms with Gasteiger partial charge in [0, 0.05) is 34.1 Å². The fourth-order valence-corrected chi connectivity index (χ4v) is 8.68. The van der Waals surface area contributed by atoms with Crippen molar-refractivity contribution in [1.29, 1.82) is 0 Å². The smallest absolute Gasteiger partial charge is 0.260 e. The SMILES string of the molecule is CC(C)(C)c1cccc(N(c2cc3c4c(c2)Oc2cc(-c5ccccc5)ccc2B4c2ccc(-c4ccccc4)cc2O3)c2cccc3c2oc2ccccc23)c1. The molecule has 0 atom stereocenters. The number of fused-ring (bicyclic) bond motifs is 7. The van der Waals surface area contributed by atoms with Gasteiger partial charge in [-0.05, 0) is 80.6 Å². The molecular weight excluding hydrogens is 697 g/mol.